The van der Waals surface area contributed by atoms with Crippen molar-refractivity contribution in [3.63, 3.8) is 0 Å². The molecule has 1 N–H and O–H groups in total. The number of anilines is 2. The van der Waals surface area contributed by atoms with Crippen LogP contribution in [0.5, 0.6) is 0 Å². The molecule has 1 aromatic heterocycles. The summed E-state index contributed by atoms with van der Waals surface area (Å²) in [7, 11) is 0. The average molecular weight is 528 g/mol. The van der Waals surface area contributed by atoms with E-state index >= 15 is 0 Å². The molecule has 1 amide bonds. The van der Waals surface area contributed by atoms with Crippen LogP contribution in [0.3, 0.4) is 0 Å². The molecule has 0 radical (unpaired) electrons. The minimum Gasteiger partial charge on any atom is -0.364 e. The molecular formula is C25H29ClF3N3O2S. The maximum Gasteiger partial charge on any atom is 0.414 e. The van der Waals surface area contributed by atoms with Crippen LogP contribution in [0.4, 0.5) is 24.7 Å². The van der Waals surface area contributed by atoms with Crippen molar-refractivity contribution in [2.75, 3.05) is 29.6 Å². The number of thioether (sulfide) groups is 1. The molecule has 35 heavy (non-hydrogen) atoms. The molecule has 2 aromatic rings. The molecule has 1 aliphatic carbocycles. The summed E-state index contributed by atoms with van der Waals surface area (Å²) in [6.07, 6.45) is -2.31. The standard InChI is InChI=1S/C25H29ClF3N3O2S/c1-14-13-32(11-10-19(34-14)25(27,28)29)23-20(15(2)21(26)22(31-23)16-6-4-7-16)24(33)30-17-8-5-9-18(12-17)35-3/h5,8-9,12,14,16,19H,4,6-7,10-11,13H2,1-3H3,(H,30,33). The van der Waals surface area contributed by atoms with Crippen molar-refractivity contribution in [3.05, 3.63) is 46.1 Å². The quantitative estimate of drug-likeness (QED) is 0.432. The molecule has 2 aliphatic rings. The van der Waals surface area contributed by atoms with Crippen LogP contribution in [0.1, 0.15) is 60.1 Å². The largest absolute Gasteiger partial charge is 0.414 e. The van der Waals surface area contributed by atoms with Gasteiger partial charge >= 0.3 is 6.18 Å². The zero-order valence-electron chi connectivity index (χ0n) is 19.9. The summed E-state index contributed by atoms with van der Waals surface area (Å²) >= 11 is 8.27. The van der Waals surface area contributed by atoms with E-state index in [1.165, 1.54) is 0 Å². The van der Waals surface area contributed by atoms with Crippen LogP contribution in [0.15, 0.2) is 29.2 Å². The summed E-state index contributed by atoms with van der Waals surface area (Å²) < 4.78 is 45.6. The summed E-state index contributed by atoms with van der Waals surface area (Å²) in [4.78, 5) is 21.1. The SMILES string of the molecule is CSc1cccc(NC(=O)c2c(N3CCC(C(F)(F)F)OC(C)C3)nc(C3CCC3)c(Cl)c2C)c1. The molecule has 2 fully saturated rings. The number of aromatic nitrogens is 1. The molecule has 4 rings (SSSR count). The predicted molar refractivity (Wildman–Crippen MR) is 134 cm³/mol. The minimum atomic E-state index is -4.45. The highest BCUT2D eigenvalue weighted by Gasteiger charge is 2.43. The van der Waals surface area contributed by atoms with E-state index in [2.05, 4.69) is 5.32 Å². The Bertz CT molecular complexity index is 1090. The van der Waals surface area contributed by atoms with Crippen molar-refractivity contribution in [1.82, 2.24) is 4.98 Å². The van der Waals surface area contributed by atoms with Gasteiger partial charge in [0.05, 0.1) is 22.4 Å². The number of hydrogen-bond donors (Lipinski definition) is 1. The zero-order chi connectivity index (χ0) is 25.3. The summed E-state index contributed by atoms with van der Waals surface area (Å²) in [5.41, 5.74) is 2.21. The number of nitrogens with one attached hydrogen (secondary N) is 1. The van der Waals surface area contributed by atoms with E-state index in [0.29, 0.717) is 22.1 Å². The Morgan fingerprint density at radius 1 is 1.29 bits per heavy atom. The third-order valence-electron chi connectivity index (χ3n) is 6.63. The van der Waals surface area contributed by atoms with Crippen molar-refractivity contribution in [2.45, 2.75) is 68.7 Å². The Morgan fingerprint density at radius 2 is 2.03 bits per heavy atom. The number of ether oxygens (including phenoxy) is 1. The van der Waals surface area contributed by atoms with E-state index in [1.54, 1.807) is 36.6 Å². The molecule has 190 valence electrons. The predicted octanol–water partition coefficient (Wildman–Crippen LogP) is 6.83. The van der Waals surface area contributed by atoms with E-state index in [9.17, 15) is 18.0 Å². The van der Waals surface area contributed by atoms with Crippen molar-refractivity contribution in [2.24, 2.45) is 0 Å². The summed E-state index contributed by atoms with van der Waals surface area (Å²) in [5, 5.41) is 3.38. The molecular weight excluding hydrogens is 499 g/mol. The van der Waals surface area contributed by atoms with Gasteiger partial charge in [0, 0.05) is 36.0 Å². The van der Waals surface area contributed by atoms with Crippen molar-refractivity contribution in [3.8, 4) is 0 Å². The summed E-state index contributed by atoms with van der Waals surface area (Å²) in [5.74, 6) is 0.167. The van der Waals surface area contributed by atoms with Gasteiger partial charge in [-0.15, -0.1) is 11.8 Å². The normalized spacial score (nSPS) is 21.4. The first-order valence-electron chi connectivity index (χ1n) is 11.7. The number of nitrogens with zero attached hydrogens (tertiary/aromatic N) is 2. The second-order valence-corrected chi connectivity index (χ2v) is 10.4. The molecule has 2 heterocycles. The van der Waals surface area contributed by atoms with E-state index in [-0.39, 0.29) is 31.0 Å². The Morgan fingerprint density at radius 3 is 2.66 bits per heavy atom. The van der Waals surface area contributed by atoms with Crippen molar-refractivity contribution in [1.29, 1.82) is 0 Å². The second-order valence-electron chi connectivity index (χ2n) is 9.16. The maximum atomic E-state index is 13.6. The molecule has 5 nitrogen and oxygen atoms in total. The molecule has 1 saturated heterocycles. The van der Waals surface area contributed by atoms with Crippen LogP contribution in [-0.2, 0) is 4.74 Å². The number of carbonyl (C=O) groups excluding carboxylic acids is 1. The van der Waals surface area contributed by atoms with Gasteiger partial charge in [-0.3, -0.25) is 4.79 Å². The number of benzene rings is 1. The number of carbonyl (C=O) groups is 1. The van der Waals surface area contributed by atoms with Gasteiger partial charge in [0.25, 0.3) is 5.91 Å². The first-order valence-corrected chi connectivity index (χ1v) is 13.3. The van der Waals surface area contributed by atoms with E-state index < -0.39 is 24.3 Å². The van der Waals surface area contributed by atoms with Crippen LogP contribution in [0, 0.1) is 6.92 Å². The van der Waals surface area contributed by atoms with E-state index in [0.717, 1.165) is 29.9 Å². The lowest BCUT2D eigenvalue weighted by molar-refractivity contribution is -0.228. The van der Waals surface area contributed by atoms with Gasteiger partial charge in [0.1, 0.15) is 5.82 Å². The summed E-state index contributed by atoms with van der Waals surface area (Å²) in [6, 6.07) is 7.45. The maximum absolute atomic E-state index is 13.6. The Balaban J connectivity index is 1.74. The lowest BCUT2D eigenvalue weighted by Gasteiger charge is -2.31. The topological polar surface area (TPSA) is 54.5 Å². The molecule has 0 spiro atoms. The Hall–Kier alpha value is -1.97. The van der Waals surface area contributed by atoms with Gasteiger partial charge in [-0.05, 0) is 56.7 Å². The number of rotatable bonds is 5. The Kier molecular flexibility index (Phi) is 7.88. The highest BCUT2D eigenvalue weighted by molar-refractivity contribution is 7.98. The molecule has 2 atom stereocenters. The monoisotopic (exact) mass is 527 g/mol. The van der Waals surface area contributed by atoms with E-state index in [4.69, 9.17) is 21.3 Å². The number of pyridine rings is 1. The number of halogens is 4. The van der Waals surface area contributed by atoms with Gasteiger partial charge < -0.3 is 15.0 Å². The minimum absolute atomic E-state index is 0.0644. The van der Waals surface area contributed by atoms with Crippen LogP contribution >= 0.6 is 23.4 Å². The van der Waals surface area contributed by atoms with Gasteiger partial charge in [-0.2, -0.15) is 13.2 Å². The van der Waals surface area contributed by atoms with Crippen LogP contribution in [0.2, 0.25) is 5.02 Å². The molecule has 1 saturated carbocycles. The fourth-order valence-corrected chi connectivity index (χ4v) is 5.29. The first-order chi connectivity index (χ1) is 16.6. The number of hydrogen-bond acceptors (Lipinski definition) is 5. The molecule has 0 bridgehead atoms. The fourth-order valence-electron chi connectivity index (χ4n) is 4.54. The summed E-state index contributed by atoms with van der Waals surface area (Å²) in [6.45, 7) is 3.64. The fraction of sp³-hybridized carbons (Fsp3) is 0.520. The van der Waals surface area contributed by atoms with Gasteiger partial charge in [-0.1, -0.05) is 24.1 Å². The van der Waals surface area contributed by atoms with Crippen molar-refractivity contribution >= 4 is 40.8 Å². The first kappa shape index (κ1) is 26.1. The third kappa shape index (κ3) is 5.73. The van der Waals surface area contributed by atoms with E-state index in [1.807, 2.05) is 24.5 Å². The smallest absolute Gasteiger partial charge is 0.364 e. The lowest BCUT2D eigenvalue weighted by atomic mass is 9.82. The van der Waals surface area contributed by atoms with Gasteiger partial charge in [0.15, 0.2) is 6.10 Å². The third-order valence-corrected chi connectivity index (χ3v) is 7.83. The molecule has 1 aliphatic heterocycles. The second kappa shape index (κ2) is 10.6. The van der Waals surface area contributed by atoms with Gasteiger partial charge in [-0.25, -0.2) is 4.98 Å². The highest BCUT2D eigenvalue weighted by atomic mass is 35.5. The highest BCUT2D eigenvalue weighted by Crippen LogP contribution is 2.42. The molecule has 10 heteroatoms. The van der Waals surface area contributed by atoms with Crippen molar-refractivity contribution < 1.29 is 22.7 Å². The zero-order valence-corrected chi connectivity index (χ0v) is 21.5. The lowest BCUT2D eigenvalue weighted by Crippen LogP contribution is -2.34. The average Bonchev–Trinajstić information content (AvgIpc) is 2.97. The van der Waals surface area contributed by atoms with Crippen LogP contribution in [0.25, 0.3) is 0 Å². The van der Waals surface area contributed by atoms with Crippen LogP contribution < -0.4 is 10.2 Å². The molecule has 1 aromatic carbocycles. The van der Waals surface area contributed by atoms with Gasteiger partial charge in [0.2, 0.25) is 0 Å². The Labute approximate surface area is 212 Å². The number of alkyl halides is 3. The number of amides is 1. The van der Waals surface area contributed by atoms with Crippen LogP contribution in [-0.4, -0.2) is 48.6 Å². The molecule has 2 unspecified atom stereocenters.